The van der Waals surface area contributed by atoms with Crippen LogP contribution in [0.5, 0.6) is 0 Å². The van der Waals surface area contributed by atoms with Gasteiger partial charge in [-0.25, -0.2) is 8.78 Å². The first kappa shape index (κ1) is 11.5. The SMILES string of the molecule is FC(F)c1ccc(CNC2CCNC2)cc1. The molecule has 1 saturated heterocycles. The van der Waals surface area contributed by atoms with Gasteiger partial charge in [-0.1, -0.05) is 24.3 Å². The molecule has 1 aromatic carbocycles. The van der Waals surface area contributed by atoms with Gasteiger partial charge in [0, 0.05) is 24.7 Å². The maximum atomic E-state index is 12.3. The monoisotopic (exact) mass is 226 g/mol. The molecular formula is C12H16F2N2. The summed E-state index contributed by atoms with van der Waals surface area (Å²) in [5.74, 6) is 0. The van der Waals surface area contributed by atoms with Crippen LogP contribution in [0.2, 0.25) is 0 Å². The van der Waals surface area contributed by atoms with Crippen LogP contribution < -0.4 is 10.6 Å². The van der Waals surface area contributed by atoms with Gasteiger partial charge in [-0.2, -0.15) is 0 Å². The summed E-state index contributed by atoms with van der Waals surface area (Å²) in [7, 11) is 0. The van der Waals surface area contributed by atoms with Gasteiger partial charge >= 0.3 is 0 Å². The molecule has 1 unspecified atom stereocenters. The number of benzene rings is 1. The molecule has 2 nitrogen and oxygen atoms in total. The Balaban J connectivity index is 1.84. The van der Waals surface area contributed by atoms with Crippen molar-refractivity contribution < 1.29 is 8.78 Å². The Morgan fingerprint density at radius 2 is 2.06 bits per heavy atom. The highest BCUT2D eigenvalue weighted by atomic mass is 19.3. The lowest BCUT2D eigenvalue weighted by Crippen LogP contribution is -2.30. The summed E-state index contributed by atoms with van der Waals surface area (Å²) in [5, 5.41) is 6.67. The number of halogens is 2. The van der Waals surface area contributed by atoms with Crippen LogP contribution in [-0.2, 0) is 6.54 Å². The molecule has 1 aliphatic rings. The van der Waals surface area contributed by atoms with Crippen molar-refractivity contribution in [2.75, 3.05) is 13.1 Å². The Labute approximate surface area is 94.0 Å². The van der Waals surface area contributed by atoms with E-state index >= 15 is 0 Å². The van der Waals surface area contributed by atoms with Crippen molar-refractivity contribution in [1.82, 2.24) is 10.6 Å². The highest BCUT2D eigenvalue weighted by Gasteiger charge is 2.13. The molecule has 2 N–H and O–H groups in total. The maximum Gasteiger partial charge on any atom is 0.263 e. The van der Waals surface area contributed by atoms with Gasteiger partial charge in [-0.15, -0.1) is 0 Å². The Bertz CT molecular complexity index is 318. The largest absolute Gasteiger partial charge is 0.315 e. The molecule has 1 heterocycles. The van der Waals surface area contributed by atoms with Crippen LogP contribution in [0.3, 0.4) is 0 Å². The van der Waals surface area contributed by atoms with E-state index in [1.807, 2.05) is 0 Å². The topological polar surface area (TPSA) is 24.1 Å². The van der Waals surface area contributed by atoms with E-state index in [0.29, 0.717) is 6.04 Å². The third kappa shape index (κ3) is 3.00. The minimum absolute atomic E-state index is 0.0892. The molecule has 1 aliphatic heterocycles. The van der Waals surface area contributed by atoms with Crippen LogP contribution in [0, 0.1) is 0 Å². The summed E-state index contributed by atoms with van der Waals surface area (Å²) >= 11 is 0. The van der Waals surface area contributed by atoms with Crippen LogP contribution in [-0.4, -0.2) is 19.1 Å². The second-order valence-electron chi connectivity index (χ2n) is 4.11. The second-order valence-corrected chi connectivity index (χ2v) is 4.11. The zero-order valence-corrected chi connectivity index (χ0v) is 9.05. The average Bonchev–Trinajstić information content (AvgIpc) is 2.80. The predicted molar refractivity (Wildman–Crippen MR) is 59.5 cm³/mol. The van der Waals surface area contributed by atoms with Crippen molar-refractivity contribution in [3.8, 4) is 0 Å². The molecule has 0 aliphatic carbocycles. The average molecular weight is 226 g/mol. The lowest BCUT2D eigenvalue weighted by Gasteiger charge is -2.11. The van der Waals surface area contributed by atoms with E-state index in [9.17, 15) is 8.78 Å². The van der Waals surface area contributed by atoms with Gasteiger partial charge in [0.1, 0.15) is 0 Å². The van der Waals surface area contributed by atoms with E-state index in [-0.39, 0.29) is 5.56 Å². The van der Waals surface area contributed by atoms with Gasteiger partial charge in [0.2, 0.25) is 0 Å². The normalized spacial score (nSPS) is 20.6. The first-order chi connectivity index (χ1) is 7.75. The first-order valence-electron chi connectivity index (χ1n) is 5.57. The van der Waals surface area contributed by atoms with Gasteiger partial charge < -0.3 is 10.6 Å². The van der Waals surface area contributed by atoms with Gasteiger partial charge in [0.05, 0.1) is 0 Å². The summed E-state index contributed by atoms with van der Waals surface area (Å²) in [6, 6.07) is 7.02. The van der Waals surface area contributed by atoms with Crippen molar-refractivity contribution in [3.05, 3.63) is 35.4 Å². The summed E-state index contributed by atoms with van der Waals surface area (Å²) in [6.07, 6.45) is -1.24. The van der Waals surface area contributed by atoms with E-state index in [1.54, 1.807) is 12.1 Å². The van der Waals surface area contributed by atoms with Gasteiger partial charge in [0.25, 0.3) is 6.43 Å². The lowest BCUT2D eigenvalue weighted by molar-refractivity contribution is 0.151. The van der Waals surface area contributed by atoms with E-state index in [2.05, 4.69) is 10.6 Å². The number of nitrogens with one attached hydrogen (secondary N) is 2. The Hall–Kier alpha value is -1.00. The number of alkyl halides is 2. The van der Waals surface area contributed by atoms with Crippen molar-refractivity contribution >= 4 is 0 Å². The third-order valence-electron chi connectivity index (χ3n) is 2.89. The van der Waals surface area contributed by atoms with Crippen LogP contribution in [0.1, 0.15) is 24.0 Å². The first-order valence-corrected chi connectivity index (χ1v) is 5.57. The second kappa shape index (κ2) is 5.37. The number of rotatable bonds is 4. The van der Waals surface area contributed by atoms with Crippen molar-refractivity contribution in [1.29, 1.82) is 0 Å². The third-order valence-corrected chi connectivity index (χ3v) is 2.89. The smallest absolute Gasteiger partial charge is 0.263 e. The van der Waals surface area contributed by atoms with Gasteiger partial charge in [0.15, 0.2) is 0 Å². The van der Waals surface area contributed by atoms with Crippen molar-refractivity contribution in [2.24, 2.45) is 0 Å². The molecule has 1 atom stereocenters. The molecule has 0 amide bonds. The summed E-state index contributed by atoms with van der Waals surface area (Å²) in [4.78, 5) is 0. The van der Waals surface area contributed by atoms with Crippen LogP contribution >= 0.6 is 0 Å². The Morgan fingerprint density at radius 1 is 1.31 bits per heavy atom. The maximum absolute atomic E-state index is 12.3. The predicted octanol–water partition coefficient (Wildman–Crippen LogP) is 2.08. The zero-order chi connectivity index (χ0) is 11.4. The van der Waals surface area contributed by atoms with Crippen molar-refractivity contribution in [2.45, 2.75) is 25.4 Å². The van der Waals surface area contributed by atoms with E-state index < -0.39 is 6.43 Å². The molecule has 0 aromatic heterocycles. The molecule has 88 valence electrons. The van der Waals surface area contributed by atoms with Crippen LogP contribution in [0.15, 0.2) is 24.3 Å². The number of hydrogen-bond donors (Lipinski definition) is 2. The minimum atomic E-state index is -2.37. The molecule has 0 radical (unpaired) electrons. The number of hydrogen-bond acceptors (Lipinski definition) is 2. The fourth-order valence-corrected chi connectivity index (χ4v) is 1.87. The fraction of sp³-hybridized carbons (Fsp3) is 0.500. The fourth-order valence-electron chi connectivity index (χ4n) is 1.87. The highest BCUT2D eigenvalue weighted by Crippen LogP contribution is 2.18. The molecule has 2 rings (SSSR count). The molecule has 0 spiro atoms. The molecule has 0 bridgehead atoms. The van der Waals surface area contributed by atoms with E-state index in [4.69, 9.17) is 0 Å². The van der Waals surface area contributed by atoms with E-state index in [0.717, 1.165) is 31.6 Å². The van der Waals surface area contributed by atoms with Crippen LogP contribution in [0.4, 0.5) is 8.78 Å². The highest BCUT2D eigenvalue weighted by molar-refractivity contribution is 5.23. The molecule has 1 aromatic rings. The lowest BCUT2D eigenvalue weighted by atomic mass is 10.1. The van der Waals surface area contributed by atoms with E-state index in [1.165, 1.54) is 12.1 Å². The molecular weight excluding hydrogens is 210 g/mol. The van der Waals surface area contributed by atoms with Gasteiger partial charge in [-0.05, 0) is 18.5 Å². The quantitative estimate of drug-likeness (QED) is 0.821. The Morgan fingerprint density at radius 3 is 2.62 bits per heavy atom. The Kier molecular flexibility index (Phi) is 3.85. The standard InChI is InChI=1S/C12H16F2N2/c13-12(14)10-3-1-9(2-4-10)7-16-11-5-6-15-8-11/h1-4,11-12,15-16H,5-8H2. The molecule has 4 heteroatoms. The van der Waals surface area contributed by atoms with Crippen molar-refractivity contribution in [3.63, 3.8) is 0 Å². The summed E-state index contributed by atoms with van der Waals surface area (Å²) in [6.45, 7) is 2.80. The van der Waals surface area contributed by atoms with Gasteiger partial charge in [-0.3, -0.25) is 0 Å². The minimum Gasteiger partial charge on any atom is -0.315 e. The molecule has 16 heavy (non-hydrogen) atoms. The van der Waals surface area contributed by atoms with Crippen LogP contribution in [0.25, 0.3) is 0 Å². The zero-order valence-electron chi connectivity index (χ0n) is 9.05. The molecule has 0 saturated carbocycles. The summed E-state index contributed by atoms with van der Waals surface area (Å²) < 4.78 is 24.6. The molecule has 1 fully saturated rings. The summed E-state index contributed by atoms with van der Waals surface area (Å²) in [5.41, 5.74) is 1.14.